The summed E-state index contributed by atoms with van der Waals surface area (Å²) in [6, 6.07) is 10.6. The van der Waals surface area contributed by atoms with Gasteiger partial charge in [-0.25, -0.2) is 0 Å². The molecule has 1 heterocycles. The monoisotopic (exact) mass is 333 g/mol. The molecule has 3 rings (SSSR count). The Kier molecular flexibility index (Phi) is 3.88. The molecular formula is C17H20BrNO. The smallest absolute Gasteiger partial charge is 0.123 e. The normalized spacial score (nSPS) is 20.9. The first-order chi connectivity index (χ1) is 9.67. The summed E-state index contributed by atoms with van der Waals surface area (Å²) >= 11 is 3.52. The minimum Gasteiger partial charge on any atom is -0.464 e. The first-order valence-corrected chi connectivity index (χ1v) is 8.07. The minimum absolute atomic E-state index is 0.655. The summed E-state index contributed by atoms with van der Waals surface area (Å²) < 4.78 is 7.05. The predicted octanol–water partition coefficient (Wildman–Crippen LogP) is 5.34. The van der Waals surface area contributed by atoms with E-state index in [0.717, 1.165) is 34.9 Å². The first kappa shape index (κ1) is 13.7. The minimum atomic E-state index is 0.655. The molecule has 1 N–H and O–H groups in total. The predicted molar refractivity (Wildman–Crippen MR) is 86.1 cm³/mol. The fraction of sp³-hybridized carbons (Fsp3) is 0.412. The van der Waals surface area contributed by atoms with Gasteiger partial charge in [-0.05, 0) is 54.7 Å². The molecule has 1 aliphatic rings. The van der Waals surface area contributed by atoms with Gasteiger partial charge < -0.3 is 9.73 Å². The van der Waals surface area contributed by atoms with E-state index in [9.17, 15) is 0 Å². The van der Waals surface area contributed by atoms with Gasteiger partial charge in [0.1, 0.15) is 11.5 Å². The Morgan fingerprint density at radius 3 is 2.80 bits per heavy atom. The molecule has 3 heteroatoms. The van der Waals surface area contributed by atoms with Crippen LogP contribution in [0, 0.1) is 5.92 Å². The topological polar surface area (TPSA) is 25.2 Å². The van der Waals surface area contributed by atoms with Gasteiger partial charge in [-0.1, -0.05) is 29.8 Å². The van der Waals surface area contributed by atoms with Crippen LogP contribution in [0.1, 0.15) is 43.3 Å². The molecule has 1 fully saturated rings. The zero-order valence-electron chi connectivity index (χ0n) is 11.9. The van der Waals surface area contributed by atoms with Gasteiger partial charge in [0, 0.05) is 16.1 Å². The van der Waals surface area contributed by atoms with Crippen LogP contribution in [0.5, 0.6) is 0 Å². The zero-order chi connectivity index (χ0) is 14.1. The second-order valence-corrected chi connectivity index (χ2v) is 6.55. The van der Waals surface area contributed by atoms with Gasteiger partial charge >= 0.3 is 0 Å². The SMILES string of the molecule is CCc1cc(Br)ccc1NCc1ccc(C2CC2C)o1. The molecule has 1 saturated carbocycles. The molecule has 0 saturated heterocycles. The molecule has 1 aromatic carbocycles. The molecular weight excluding hydrogens is 314 g/mol. The number of anilines is 1. The summed E-state index contributed by atoms with van der Waals surface area (Å²) in [6.45, 7) is 5.20. The van der Waals surface area contributed by atoms with Crippen LogP contribution in [0.4, 0.5) is 5.69 Å². The summed E-state index contributed by atoms with van der Waals surface area (Å²) in [5, 5.41) is 3.48. The molecule has 106 valence electrons. The van der Waals surface area contributed by atoms with Gasteiger partial charge in [-0.2, -0.15) is 0 Å². The van der Waals surface area contributed by atoms with Gasteiger partial charge in [0.25, 0.3) is 0 Å². The van der Waals surface area contributed by atoms with Gasteiger partial charge in [0.2, 0.25) is 0 Å². The molecule has 20 heavy (non-hydrogen) atoms. The number of aryl methyl sites for hydroxylation is 1. The Morgan fingerprint density at radius 1 is 1.30 bits per heavy atom. The second kappa shape index (κ2) is 5.65. The highest BCUT2D eigenvalue weighted by Gasteiger charge is 2.36. The third-order valence-corrected chi connectivity index (χ3v) is 4.55. The number of furan rings is 1. The molecule has 0 aliphatic heterocycles. The Labute approximate surface area is 128 Å². The van der Waals surface area contributed by atoms with E-state index < -0.39 is 0 Å². The van der Waals surface area contributed by atoms with Crippen molar-refractivity contribution in [1.29, 1.82) is 0 Å². The van der Waals surface area contributed by atoms with Gasteiger partial charge in [0.15, 0.2) is 0 Å². The molecule has 2 aromatic rings. The number of hydrogen-bond donors (Lipinski definition) is 1. The maximum Gasteiger partial charge on any atom is 0.123 e. The average Bonchev–Trinajstić information content (AvgIpc) is 3.00. The lowest BCUT2D eigenvalue weighted by molar-refractivity contribution is 0.468. The summed E-state index contributed by atoms with van der Waals surface area (Å²) in [5.74, 6) is 3.62. The Hall–Kier alpha value is -1.22. The maximum atomic E-state index is 5.93. The third-order valence-electron chi connectivity index (χ3n) is 4.06. The zero-order valence-corrected chi connectivity index (χ0v) is 13.5. The van der Waals surface area contributed by atoms with Gasteiger partial charge in [-0.15, -0.1) is 0 Å². The number of nitrogens with one attached hydrogen (secondary N) is 1. The molecule has 2 unspecified atom stereocenters. The number of benzene rings is 1. The lowest BCUT2D eigenvalue weighted by Crippen LogP contribution is -2.01. The number of rotatable bonds is 5. The fourth-order valence-electron chi connectivity index (χ4n) is 2.62. The third kappa shape index (κ3) is 2.93. The van der Waals surface area contributed by atoms with Crippen molar-refractivity contribution >= 4 is 21.6 Å². The van der Waals surface area contributed by atoms with Crippen molar-refractivity contribution in [2.75, 3.05) is 5.32 Å². The molecule has 2 nitrogen and oxygen atoms in total. The van der Waals surface area contributed by atoms with Crippen molar-refractivity contribution in [3.8, 4) is 0 Å². The van der Waals surface area contributed by atoms with Crippen molar-refractivity contribution < 1.29 is 4.42 Å². The van der Waals surface area contributed by atoms with E-state index in [4.69, 9.17) is 4.42 Å². The highest BCUT2D eigenvalue weighted by Crippen LogP contribution is 2.47. The summed E-state index contributed by atoms with van der Waals surface area (Å²) in [6.07, 6.45) is 2.29. The van der Waals surface area contributed by atoms with E-state index in [2.05, 4.69) is 65.4 Å². The number of halogens is 1. The Balaban J connectivity index is 1.65. The van der Waals surface area contributed by atoms with Crippen molar-refractivity contribution in [3.05, 3.63) is 51.9 Å². The first-order valence-electron chi connectivity index (χ1n) is 7.28. The summed E-state index contributed by atoms with van der Waals surface area (Å²) in [5.41, 5.74) is 2.51. The highest BCUT2D eigenvalue weighted by molar-refractivity contribution is 9.10. The quantitative estimate of drug-likeness (QED) is 0.798. The van der Waals surface area contributed by atoms with Gasteiger partial charge in [-0.3, -0.25) is 0 Å². The van der Waals surface area contributed by atoms with Gasteiger partial charge in [0.05, 0.1) is 6.54 Å². The van der Waals surface area contributed by atoms with Crippen LogP contribution in [0.3, 0.4) is 0 Å². The molecule has 1 aromatic heterocycles. The summed E-state index contributed by atoms with van der Waals surface area (Å²) in [4.78, 5) is 0. The van der Waals surface area contributed by atoms with Crippen LogP contribution in [0.2, 0.25) is 0 Å². The largest absolute Gasteiger partial charge is 0.464 e. The van der Waals surface area contributed by atoms with E-state index in [0.29, 0.717) is 5.92 Å². The maximum absolute atomic E-state index is 5.93. The second-order valence-electron chi connectivity index (χ2n) is 5.63. The fourth-order valence-corrected chi connectivity index (χ4v) is 3.03. The van der Waals surface area contributed by atoms with Crippen LogP contribution >= 0.6 is 15.9 Å². The Bertz CT molecular complexity index is 605. The van der Waals surface area contributed by atoms with Crippen molar-refractivity contribution in [2.24, 2.45) is 5.92 Å². The summed E-state index contributed by atoms with van der Waals surface area (Å²) in [7, 11) is 0. The molecule has 0 amide bonds. The lowest BCUT2D eigenvalue weighted by Gasteiger charge is -2.10. The molecule has 1 aliphatic carbocycles. The van der Waals surface area contributed by atoms with Crippen LogP contribution in [0.15, 0.2) is 39.2 Å². The van der Waals surface area contributed by atoms with E-state index in [1.807, 2.05) is 0 Å². The average molecular weight is 334 g/mol. The lowest BCUT2D eigenvalue weighted by atomic mass is 10.1. The molecule has 0 bridgehead atoms. The van der Waals surface area contributed by atoms with Crippen LogP contribution < -0.4 is 5.32 Å². The van der Waals surface area contributed by atoms with Crippen LogP contribution in [-0.4, -0.2) is 0 Å². The van der Waals surface area contributed by atoms with Crippen molar-refractivity contribution in [3.63, 3.8) is 0 Å². The standard InChI is InChI=1S/C17H20BrNO/c1-3-12-9-13(18)4-6-16(12)19-10-14-5-7-17(20-14)15-8-11(15)2/h4-7,9,11,15,19H,3,8,10H2,1-2H3. The molecule has 2 atom stereocenters. The van der Waals surface area contributed by atoms with Crippen LogP contribution in [-0.2, 0) is 13.0 Å². The van der Waals surface area contributed by atoms with Crippen LogP contribution in [0.25, 0.3) is 0 Å². The van der Waals surface area contributed by atoms with E-state index in [1.165, 1.54) is 17.7 Å². The van der Waals surface area contributed by atoms with Crippen molar-refractivity contribution in [2.45, 2.75) is 39.2 Å². The van der Waals surface area contributed by atoms with E-state index in [-0.39, 0.29) is 0 Å². The van der Waals surface area contributed by atoms with E-state index >= 15 is 0 Å². The Morgan fingerprint density at radius 2 is 2.10 bits per heavy atom. The van der Waals surface area contributed by atoms with E-state index in [1.54, 1.807) is 0 Å². The number of hydrogen-bond acceptors (Lipinski definition) is 2. The highest BCUT2D eigenvalue weighted by atomic mass is 79.9. The van der Waals surface area contributed by atoms with Crippen molar-refractivity contribution in [1.82, 2.24) is 0 Å². The molecule has 0 spiro atoms. The molecule has 0 radical (unpaired) electrons.